The highest BCUT2D eigenvalue weighted by atomic mass is 19.3. The van der Waals surface area contributed by atoms with E-state index in [9.17, 15) is 13.6 Å². The molecule has 0 radical (unpaired) electrons. The van der Waals surface area contributed by atoms with Crippen molar-refractivity contribution < 1.29 is 18.3 Å². The minimum absolute atomic E-state index is 0.0193. The third-order valence-corrected chi connectivity index (χ3v) is 3.63. The van der Waals surface area contributed by atoms with E-state index < -0.39 is 12.5 Å². The van der Waals surface area contributed by atoms with Crippen LogP contribution in [0, 0.1) is 5.92 Å². The molecule has 0 spiro atoms. The molecule has 0 fully saturated rings. The zero-order valence-corrected chi connectivity index (χ0v) is 14.4. The Morgan fingerprint density at radius 1 is 1.24 bits per heavy atom. The predicted molar refractivity (Wildman–Crippen MR) is 90.9 cm³/mol. The minimum Gasteiger partial charge on any atom is -0.494 e. The Morgan fingerprint density at radius 3 is 2.56 bits per heavy atom. The summed E-state index contributed by atoms with van der Waals surface area (Å²) in [5, 5.41) is 6.20. The maximum atomic E-state index is 12.4. The van der Waals surface area contributed by atoms with Gasteiger partial charge in [0, 0.05) is 12.7 Å². The number of ether oxygens (including phenoxy) is 1. The number of hydrogen-bond donors (Lipinski definition) is 1. The first-order chi connectivity index (χ1) is 12.0. The molecule has 136 valence electrons. The number of amides is 1. The van der Waals surface area contributed by atoms with Crippen LogP contribution in [-0.4, -0.2) is 28.8 Å². The van der Waals surface area contributed by atoms with E-state index >= 15 is 0 Å². The van der Waals surface area contributed by atoms with Crippen LogP contribution in [0.15, 0.2) is 36.5 Å². The average molecular weight is 351 g/mol. The van der Waals surface area contributed by atoms with Crippen molar-refractivity contribution in [3.8, 4) is 5.75 Å². The number of carbonyl (C=O) groups is 1. The Balaban J connectivity index is 1.74. The number of benzene rings is 1. The van der Waals surface area contributed by atoms with E-state index in [1.54, 1.807) is 0 Å². The van der Waals surface area contributed by atoms with Gasteiger partial charge in [-0.3, -0.25) is 4.79 Å². The highest BCUT2D eigenvalue weighted by Crippen LogP contribution is 2.14. The zero-order valence-electron chi connectivity index (χ0n) is 14.4. The maximum Gasteiger partial charge on any atom is 0.333 e. The lowest BCUT2D eigenvalue weighted by Crippen LogP contribution is -2.26. The van der Waals surface area contributed by atoms with E-state index in [0.717, 1.165) is 23.9 Å². The molecule has 0 atom stereocenters. The molecule has 2 rings (SSSR count). The van der Waals surface area contributed by atoms with Crippen molar-refractivity contribution in [1.82, 2.24) is 15.1 Å². The van der Waals surface area contributed by atoms with Crippen LogP contribution >= 0.6 is 0 Å². The van der Waals surface area contributed by atoms with Crippen molar-refractivity contribution in [2.24, 2.45) is 5.92 Å². The van der Waals surface area contributed by atoms with Gasteiger partial charge in [0.15, 0.2) is 0 Å². The second kappa shape index (κ2) is 9.15. The van der Waals surface area contributed by atoms with E-state index in [-0.39, 0.29) is 5.69 Å². The third-order valence-electron chi connectivity index (χ3n) is 3.63. The number of aromatic nitrogens is 2. The largest absolute Gasteiger partial charge is 0.494 e. The van der Waals surface area contributed by atoms with Crippen LogP contribution in [0.1, 0.15) is 42.9 Å². The normalized spacial score (nSPS) is 11.1. The van der Waals surface area contributed by atoms with Crippen LogP contribution in [0.5, 0.6) is 5.75 Å². The molecule has 1 aromatic carbocycles. The Morgan fingerprint density at radius 2 is 1.96 bits per heavy atom. The molecule has 2 aromatic rings. The highest BCUT2D eigenvalue weighted by molar-refractivity contribution is 5.92. The lowest BCUT2D eigenvalue weighted by Gasteiger charge is -2.09. The van der Waals surface area contributed by atoms with Gasteiger partial charge >= 0.3 is 6.55 Å². The Kier molecular flexibility index (Phi) is 6.91. The highest BCUT2D eigenvalue weighted by Gasteiger charge is 2.12. The molecular formula is C18H23F2N3O2. The van der Waals surface area contributed by atoms with Gasteiger partial charge in [-0.25, -0.2) is 4.68 Å². The topological polar surface area (TPSA) is 56.1 Å². The van der Waals surface area contributed by atoms with Gasteiger partial charge in [0.1, 0.15) is 11.4 Å². The van der Waals surface area contributed by atoms with Gasteiger partial charge in [0.2, 0.25) is 0 Å². The first-order valence-electron chi connectivity index (χ1n) is 8.29. The van der Waals surface area contributed by atoms with Crippen LogP contribution < -0.4 is 10.1 Å². The van der Waals surface area contributed by atoms with Gasteiger partial charge in [-0.1, -0.05) is 26.0 Å². The predicted octanol–water partition coefficient (Wildman–Crippen LogP) is 3.68. The number of nitrogens with zero attached hydrogens (tertiary/aromatic N) is 2. The fraction of sp³-hybridized carbons (Fsp3) is 0.444. The summed E-state index contributed by atoms with van der Waals surface area (Å²) in [4.78, 5) is 11.8. The molecule has 0 unspecified atom stereocenters. The van der Waals surface area contributed by atoms with Crippen LogP contribution in [0.3, 0.4) is 0 Å². The van der Waals surface area contributed by atoms with E-state index in [4.69, 9.17) is 4.74 Å². The van der Waals surface area contributed by atoms with Gasteiger partial charge in [0.25, 0.3) is 5.91 Å². The molecule has 0 aliphatic rings. The van der Waals surface area contributed by atoms with Gasteiger partial charge in [-0.05, 0) is 42.5 Å². The summed E-state index contributed by atoms with van der Waals surface area (Å²) in [6, 6.07) is 8.97. The summed E-state index contributed by atoms with van der Waals surface area (Å²) >= 11 is 0. The number of alkyl halides is 2. The van der Waals surface area contributed by atoms with Crippen molar-refractivity contribution in [2.75, 3.05) is 13.2 Å². The van der Waals surface area contributed by atoms with Gasteiger partial charge in [-0.2, -0.15) is 13.9 Å². The first kappa shape index (κ1) is 18.9. The fourth-order valence-corrected chi connectivity index (χ4v) is 2.14. The molecule has 1 heterocycles. The molecule has 0 saturated heterocycles. The second-order valence-electron chi connectivity index (χ2n) is 6.14. The molecule has 1 amide bonds. The van der Waals surface area contributed by atoms with Gasteiger partial charge in [-0.15, -0.1) is 0 Å². The SMILES string of the molecule is CC(C)CCOc1ccc(CCNC(=O)c2ccn(C(F)F)n2)cc1. The van der Waals surface area contributed by atoms with Crippen LogP contribution in [-0.2, 0) is 6.42 Å². The zero-order chi connectivity index (χ0) is 18.2. The number of nitrogens with one attached hydrogen (secondary N) is 1. The van der Waals surface area contributed by atoms with Gasteiger partial charge in [0.05, 0.1) is 6.61 Å². The Bertz CT molecular complexity index is 669. The minimum atomic E-state index is -2.75. The molecule has 1 aromatic heterocycles. The van der Waals surface area contributed by atoms with Crippen LogP contribution in [0.25, 0.3) is 0 Å². The van der Waals surface area contributed by atoms with Crippen molar-refractivity contribution in [1.29, 1.82) is 0 Å². The third kappa shape index (κ3) is 6.17. The van der Waals surface area contributed by atoms with Crippen molar-refractivity contribution >= 4 is 5.91 Å². The Hall–Kier alpha value is -2.44. The average Bonchev–Trinajstić information content (AvgIpc) is 3.06. The standard InChI is InChI=1S/C18H23F2N3O2/c1-13(2)9-12-25-15-5-3-14(4-6-15)7-10-21-17(24)16-8-11-23(22-16)18(19)20/h3-6,8,11,13,18H,7,9-10,12H2,1-2H3,(H,21,24). The van der Waals surface area contributed by atoms with E-state index in [0.29, 0.717) is 30.2 Å². The first-order valence-corrected chi connectivity index (χ1v) is 8.29. The summed E-state index contributed by atoms with van der Waals surface area (Å²) in [7, 11) is 0. The number of halogens is 2. The Labute approximate surface area is 146 Å². The van der Waals surface area contributed by atoms with Crippen LogP contribution in [0.2, 0.25) is 0 Å². The smallest absolute Gasteiger partial charge is 0.333 e. The summed E-state index contributed by atoms with van der Waals surface area (Å²) in [6.45, 7) is 2.65. The lowest BCUT2D eigenvalue weighted by molar-refractivity contribution is 0.0560. The van der Waals surface area contributed by atoms with E-state index in [2.05, 4.69) is 24.3 Å². The quantitative estimate of drug-likeness (QED) is 0.750. The molecule has 0 bridgehead atoms. The summed E-state index contributed by atoms with van der Waals surface area (Å²) < 4.78 is 31.0. The number of hydrogen-bond acceptors (Lipinski definition) is 3. The summed E-state index contributed by atoms with van der Waals surface area (Å²) in [5.74, 6) is 0.967. The van der Waals surface area contributed by atoms with Gasteiger partial charge < -0.3 is 10.1 Å². The van der Waals surface area contributed by atoms with E-state index in [1.165, 1.54) is 6.07 Å². The van der Waals surface area contributed by atoms with Crippen molar-refractivity contribution in [3.63, 3.8) is 0 Å². The van der Waals surface area contributed by atoms with E-state index in [1.807, 2.05) is 24.3 Å². The maximum absolute atomic E-state index is 12.4. The molecule has 5 nitrogen and oxygen atoms in total. The van der Waals surface area contributed by atoms with Crippen molar-refractivity contribution in [2.45, 2.75) is 33.2 Å². The van der Waals surface area contributed by atoms with Crippen LogP contribution in [0.4, 0.5) is 8.78 Å². The van der Waals surface area contributed by atoms with Crippen molar-refractivity contribution in [3.05, 3.63) is 47.8 Å². The molecule has 7 heteroatoms. The molecule has 25 heavy (non-hydrogen) atoms. The second-order valence-corrected chi connectivity index (χ2v) is 6.14. The molecule has 0 aliphatic heterocycles. The number of rotatable bonds is 9. The number of carbonyl (C=O) groups excluding carboxylic acids is 1. The molecule has 0 saturated carbocycles. The molecular weight excluding hydrogens is 328 g/mol. The summed E-state index contributed by atoms with van der Waals surface area (Å²) in [6.07, 6.45) is 2.72. The monoisotopic (exact) mass is 351 g/mol. The lowest BCUT2D eigenvalue weighted by atomic mass is 10.1. The summed E-state index contributed by atoms with van der Waals surface area (Å²) in [5.41, 5.74) is 1.03. The molecule has 0 aliphatic carbocycles. The molecule has 1 N–H and O–H groups in total. The fourth-order valence-electron chi connectivity index (χ4n) is 2.14.